The number of hydrogen-bond donors (Lipinski definition) is 0. The predicted molar refractivity (Wildman–Crippen MR) is 88.6 cm³/mol. The monoisotopic (exact) mass is 291 g/mol. The molecule has 0 radical (unpaired) electrons. The lowest BCUT2D eigenvalue weighted by atomic mass is 10.1. The lowest BCUT2D eigenvalue weighted by Gasteiger charge is -2.03. The SMILES string of the molecule is COc1ccc(/C(C#N)=C\C=C\c2ccccc2OC)cc1. The van der Waals surface area contributed by atoms with E-state index < -0.39 is 0 Å². The number of hydrogen-bond acceptors (Lipinski definition) is 3. The number of ether oxygens (including phenoxy) is 2. The van der Waals surface area contributed by atoms with Gasteiger partial charge in [0.1, 0.15) is 11.5 Å². The maximum atomic E-state index is 9.30. The molecular weight excluding hydrogens is 274 g/mol. The van der Waals surface area contributed by atoms with Gasteiger partial charge >= 0.3 is 0 Å². The Labute approximate surface area is 130 Å². The first kappa shape index (κ1) is 15.4. The zero-order valence-electron chi connectivity index (χ0n) is 12.6. The molecule has 0 spiro atoms. The van der Waals surface area contributed by atoms with E-state index in [4.69, 9.17) is 9.47 Å². The summed E-state index contributed by atoms with van der Waals surface area (Å²) in [4.78, 5) is 0. The maximum Gasteiger partial charge on any atom is 0.126 e. The Morgan fingerprint density at radius 1 is 1.00 bits per heavy atom. The van der Waals surface area contributed by atoms with Crippen LogP contribution in [0.5, 0.6) is 11.5 Å². The Bertz CT molecular complexity index is 722. The van der Waals surface area contributed by atoms with Crippen molar-refractivity contribution in [2.45, 2.75) is 0 Å². The minimum atomic E-state index is 0.591. The summed E-state index contributed by atoms with van der Waals surface area (Å²) >= 11 is 0. The normalized spacial score (nSPS) is 11.2. The van der Waals surface area contributed by atoms with Gasteiger partial charge in [0.05, 0.1) is 25.9 Å². The highest BCUT2D eigenvalue weighted by atomic mass is 16.5. The van der Waals surface area contributed by atoms with Crippen molar-refractivity contribution in [2.75, 3.05) is 14.2 Å². The van der Waals surface area contributed by atoms with Crippen LogP contribution in [0.4, 0.5) is 0 Å². The topological polar surface area (TPSA) is 42.2 Å². The molecule has 2 aromatic carbocycles. The number of methoxy groups -OCH3 is 2. The molecule has 0 aliphatic rings. The third-order valence-electron chi connectivity index (χ3n) is 3.20. The summed E-state index contributed by atoms with van der Waals surface area (Å²) in [6, 6.07) is 17.3. The van der Waals surface area contributed by atoms with Gasteiger partial charge in [0.15, 0.2) is 0 Å². The van der Waals surface area contributed by atoms with Crippen molar-refractivity contribution in [3.63, 3.8) is 0 Å². The molecule has 22 heavy (non-hydrogen) atoms. The summed E-state index contributed by atoms with van der Waals surface area (Å²) in [6.07, 6.45) is 5.55. The molecule has 3 heteroatoms. The van der Waals surface area contributed by atoms with Gasteiger partial charge in [-0.05, 0) is 42.0 Å². The number of nitrogens with zero attached hydrogens (tertiary/aromatic N) is 1. The zero-order valence-corrected chi connectivity index (χ0v) is 12.6. The van der Waals surface area contributed by atoms with Crippen molar-refractivity contribution in [1.82, 2.24) is 0 Å². The molecule has 0 saturated heterocycles. The van der Waals surface area contributed by atoms with Crippen LogP contribution in [0.1, 0.15) is 11.1 Å². The number of allylic oxidation sites excluding steroid dienone is 3. The van der Waals surface area contributed by atoms with Crippen LogP contribution in [-0.2, 0) is 0 Å². The molecule has 2 rings (SSSR count). The van der Waals surface area contributed by atoms with E-state index in [1.807, 2.05) is 60.7 Å². The zero-order chi connectivity index (χ0) is 15.8. The Morgan fingerprint density at radius 2 is 1.73 bits per heavy atom. The minimum absolute atomic E-state index is 0.591. The van der Waals surface area contributed by atoms with Crippen molar-refractivity contribution >= 4 is 11.6 Å². The molecule has 0 aliphatic heterocycles. The molecular formula is C19H17NO2. The van der Waals surface area contributed by atoms with E-state index in [1.54, 1.807) is 20.3 Å². The highest BCUT2D eigenvalue weighted by Gasteiger charge is 2.00. The predicted octanol–water partition coefficient (Wildman–Crippen LogP) is 4.32. The number of para-hydroxylation sites is 1. The minimum Gasteiger partial charge on any atom is -0.497 e. The Morgan fingerprint density at radius 3 is 2.36 bits per heavy atom. The highest BCUT2D eigenvalue weighted by Crippen LogP contribution is 2.20. The van der Waals surface area contributed by atoms with Gasteiger partial charge in [0, 0.05) is 5.56 Å². The quantitative estimate of drug-likeness (QED) is 0.608. The van der Waals surface area contributed by atoms with E-state index in [0.29, 0.717) is 5.57 Å². The molecule has 0 saturated carbocycles. The summed E-state index contributed by atoms with van der Waals surface area (Å²) in [7, 11) is 3.26. The van der Waals surface area contributed by atoms with Gasteiger partial charge in [0.2, 0.25) is 0 Å². The van der Waals surface area contributed by atoms with Crippen molar-refractivity contribution in [1.29, 1.82) is 5.26 Å². The summed E-state index contributed by atoms with van der Waals surface area (Å²) < 4.78 is 10.4. The van der Waals surface area contributed by atoms with Crippen LogP contribution >= 0.6 is 0 Å². The summed E-state index contributed by atoms with van der Waals surface area (Å²) in [5.41, 5.74) is 2.41. The lowest BCUT2D eigenvalue weighted by Crippen LogP contribution is -1.85. The van der Waals surface area contributed by atoms with Crippen molar-refractivity contribution in [3.05, 3.63) is 71.8 Å². The van der Waals surface area contributed by atoms with Crippen LogP contribution < -0.4 is 9.47 Å². The summed E-state index contributed by atoms with van der Waals surface area (Å²) in [5, 5.41) is 9.30. The van der Waals surface area contributed by atoms with Crippen molar-refractivity contribution < 1.29 is 9.47 Å². The molecule has 0 unspecified atom stereocenters. The fourth-order valence-electron chi connectivity index (χ4n) is 2.02. The maximum absolute atomic E-state index is 9.30. The molecule has 3 nitrogen and oxygen atoms in total. The molecule has 0 amide bonds. The van der Waals surface area contributed by atoms with E-state index in [9.17, 15) is 5.26 Å². The average Bonchev–Trinajstić information content (AvgIpc) is 2.59. The molecule has 0 fully saturated rings. The van der Waals surface area contributed by atoms with Gasteiger partial charge in [-0.2, -0.15) is 5.26 Å². The second-order valence-electron chi connectivity index (χ2n) is 4.52. The third-order valence-corrected chi connectivity index (χ3v) is 3.20. The number of nitriles is 1. The van der Waals surface area contributed by atoms with Gasteiger partial charge in [-0.1, -0.05) is 30.4 Å². The van der Waals surface area contributed by atoms with Crippen LogP contribution in [0.3, 0.4) is 0 Å². The molecule has 0 heterocycles. The average molecular weight is 291 g/mol. The van der Waals surface area contributed by atoms with Crippen molar-refractivity contribution in [3.8, 4) is 17.6 Å². The smallest absolute Gasteiger partial charge is 0.126 e. The standard InChI is InChI=1S/C19H17NO2/c1-21-18-12-10-15(11-13-18)17(14-20)8-5-7-16-6-3-4-9-19(16)22-2/h3-13H,1-2H3/b7-5+,17-8-. The largest absolute Gasteiger partial charge is 0.497 e. The van der Waals surface area contributed by atoms with Gasteiger partial charge < -0.3 is 9.47 Å². The molecule has 110 valence electrons. The van der Waals surface area contributed by atoms with E-state index in [2.05, 4.69) is 6.07 Å². The summed E-state index contributed by atoms with van der Waals surface area (Å²) in [6.45, 7) is 0. The van der Waals surface area contributed by atoms with E-state index in [0.717, 1.165) is 22.6 Å². The summed E-state index contributed by atoms with van der Waals surface area (Å²) in [5.74, 6) is 1.57. The van der Waals surface area contributed by atoms with Crippen molar-refractivity contribution in [2.24, 2.45) is 0 Å². The first-order valence-corrected chi connectivity index (χ1v) is 6.84. The fourth-order valence-corrected chi connectivity index (χ4v) is 2.02. The van der Waals surface area contributed by atoms with Crippen LogP contribution in [0, 0.1) is 11.3 Å². The second kappa shape index (κ2) is 7.70. The third kappa shape index (κ3) is 3.77. The van der Waals surface area contributed by atoms with E-state index in [1.165, 1.54) is 0 Å². The fraction of sp³-hybridized carbons (Fsp3) is 0.105. The number of benzene rings is 2. The highest BCUT2D eigenvalue weighted by molar-refractivity contribution is 5.79. The molecule has 2 aromatic rings. The molecule has 0 bridgehead atoms. The Kier molecular flexibility index (Phi) is 5.39. The Balaban J connectivity index is 2.22. The van der Waals surface area contributed by atoms with Crippen LogP contribution in [0.25, 0.3) is 11.6 Å². The van der Waals surface area contributed by atoms with E-state index in [-0.39, 0.29) is 0 Å². The van der Waals surface area contributed by atoms with Gasteiger partial charge in [0.25, 0.3) is 0 Å². The van der Waals surface area contributed by atoms with Gasteiger partial charge in [-0.3, -0.25) is 0 Å². The van der Waals surface area contributed by atoms with Gasteiger partial charge in [-0.25, -0.2) is 0 Å². The van der Waals surface area contributed by atoms with E-state index >= 15 is 0 Å². The lowest BCUT2D eigenvalue weighted by molar-refractivity contribution is 0.414. The molecule has 0 aliphatic carbocycles. The molecule has 0 aromatic heterocycles. The first-order valence-electron chi connectivity index (χ1n) is 6.84. The van der Waals surface area contributed by atoms with Gasteiger partial charge in [-0.15, -0.1) is 0 Å². The second-order valence-corrected chi connectivity index (χ2v) is 4.52. The molecule has 0 atom stereocenters. The van der Waals surface area contributed by atoms with Crippen LogP contribution in [-0.4, -0.2) is 14.2 Å². The van der Waals surface area contributed by atoms with Crippen LogP contribution in [0.2, 0.25) is 0 Å². The Hall–Kier alpha value is -2.99. The number of rotatable bonds is 5. The first-order chi connectivity index (χ1) is 10.8. The van der Waals surface area contributed by atoms with Crippen LogP contribution in [0.15, 0.2) is 60.7 Å². The molecule has 0 N–H and O–H groups in total.